The second-order valence-electron chi connectivity index (χ2n) is 5.36. The standard InChI is InChI=1S/C21H17NO/c1-16-12-14-19(15-13-16)22-20(17-8-4-2-5-9-17)21(23)18-10-6-3-7-11-18/h2-15H,1H3. The van der Waals surface area contributed by atoms with Crippen LogP contribution < -0.4 is 0 Å². The van der Waals surface area contributed by atoms with Crippen LogP contribution in [-0.2, 0) is 0 Å². The van der Waals surface area contributed by atoms with E-state index in [4.69, 9.17) is 0 Å². The summed E-state index contributed by atoms with van der Waals surface area (Å²) in [7, 11) is 0. The van der Waals surface area contributed by atoms with E-state index < -0.39 is 0 Å². The zero-order chi connectivity index (χ0) is 16.1. The molecule has 0 saturated carbocycles. The number of aliphatic imine (C=N–C) groups is 1. The van der Waals surface area contributed by atoms with Crippen LogP contribution in [0.4, 0.5) is 5.69 Å². The molecule has 0 atom stereocenters. The summed E-state index contributed by atoms with van der Waals surface area (Å²) in [6.45, 7) is 2.03. The predicted molar refractivity (Wildman–Crippen MR) is 94.6 cm³/mol. The minimum absolute atomic E-state index is 0.0719. The van der Waals surface area contributed by atoms with Crippen LogP contribution in [0.5, 0.6) is 0 Å². The minimum atomic E-state index is -0.0719. The maximum Gasteiger partial charge on any atom is 0.211 e. The Morgan fingerprint density at radius 3 is 1.78 bits per heavy atom. The predicted octanol–water partition coefficient (Wildman–Crippen LogP) is 5.00. The summed E-state index contributed by atoms with van der Waals surface area (Å²) in [4.78, 5) is 17.5. The first-order valence-electron chi connectivity index (χ1n) is 7.54. The third-order valence-corrected chi connectivity index (χ3v) is 3.57. The van der Waals surface area contributed by atoms with E-state index in [2.05, 4.69) is 4.99 Å². The number of benzene rings is 3. The molecule has 0 fully saturated rings. The van der Waals surface area contributed by atoms with E-state index in [9.17, 15) is 4.79 Å². The van der Waals surface area contributed by atoms with Gasteiger partial charge in [-0.25, -0.2) is 4.99 Å². The number of carbonyl (C=O) groups excluding carboxylic acids is 1. The molecular weight excluding hydrogens is 282 g/mol. The average Bonchev–Trinajstić information content (AvgIpc) is 2.62. The summed E-state index contributed by atoms with van der Waals surface area (Å²) >= 11 is 0. The van der Waals surface area contributed by atoms with Gasteiger partial charge in [0.15, 0.2) is 0 Å². The van der Waals surface area contributed by atoms with E-state index in [0.29, 0.717) is 11.3 Å². The molecule has 2 nitrogen and oxygen atoms in total. The molecule has 0 saturated heterocycles. The Balaban J connectivity index is 2.07. The lowest BCUT2D eigenvalue weighted by atomic mass is 10.0. The molecule has 0 aliphatic heterocycles. The monoisotopic (exact) mass is 299 g/mol. The first-order valence-corrected chi connectivity index (χ1v) is 7.54. The largest absolute Gasteiger partial charge is 0.287 e. The lowest BCUT2D eigenvalue weighted by Crippen LogP contribution is -2.15. The molecule has 0 heterocycles. The summed E-state index contributed by atoms with van der Waals surface area (Å²) in [5, 5.41) is 0. The van der Waals surface area contributed by atoms with E-state index in [1.54, 1.807) is 0 Å². The van der Waals surface area contributed by atoms with Crippen LogP contribution in [0.3, 0.4) is 0 Å². The number of hydrogen-bond donors (Lipinski definition) is 0. The Kier molecular flexibility index (Phi) is 4.44. The summed E-state index contributed by atoms with van der Waals surface area (Å²) in [6.07, 6.45) is 0. The molecule has 2 heteroatoms. The molecule has 0 unspecified atom stereocenters. The van der Waals surface area contributed by atoms with Crippen LogP contribution in [0, 0.1) is 6.92 Å². The molecule has 0 bridgehead atoms. The van der Waals surface area contributed by atoms with Gasteiger partial charge in [-0.15, -0.1) is 0 Å². The molecule has 0 radical (unpaired) electrons. The molecule has 0 amide bonds. The zero-order valence-corrected chi connectivity index (χ0v) is 12.9. The van der Waals surface area contributed by atoms with Gasteiger partial charge >= 0.3 is 0 Å². The Morgan fingerprint density at radius 1 is 0.696 bits per heavy atom. The van der Waals surface area contributed by atoms with Crippen molar-refractivity contribution in [3.05, 3.63) is 102 Å². The van der Waals surface area contributed by atoms with E-state index >= 15 is 0 Å². The first kappa shape index (κ1) is 14.9. The minimum Gasteiger partial charge on any atom is -0.287 e. The molecule has 0 aliphatic rings. The van der Waals surface area contributed by atoms with Crippen molar-refractivity contribution in [3.8, 4) is 0 Å². The van der Waals surface area contributed by atoms with Gasteiger partial charge < -0.3 is 0 Å². The van der Waals surface area contributed by atoms with Gasteiger partial charge in [-0.05, 0) is 19.1 Å². The van der Waals surface area contributed by atoms with Crippen molar-refractivity contribution in [3.63, 3.8) is 0 Å². The van der Waals surface area contributed by atoms with Crippen LogP contribution >= 0.6 is 0 Å². The number of hydrogen-bond acceptors (Lipinski definition) is 2. The lowest BCUT2D eigenvalue weighted by Gasteiger charge is -2.07. The fourth-order valence-electron chi connectivity index (χ4n) is 2.32. The molecule has 0 N–H and O–H groups in total. The highest BCUT2D eigenvalue weighted by Gasteiger charge is 2.16. The Morgan fingerprint density at radius 2 is 1.22 bits per heavy atom. The SMILES string of the molecule is Cc1ccc(N=C(C(=O)c2ccccc2)c2ccccc2)cc1. The molecular formula is C21H17NO. The van der Waals surface area contributed by atoms with Crippen molar-refractivity contribution >= 4 is 17.2 Å². The molecule has 3 aromatic carbocycles. The molecule has 23 heavy (non-hydrogen) atoms. The second-order valence-corrected chi connectivity index (χ2v) is 5.36. The Labute approximate surface area is 136 Å². The van der Waals surface area contributed by atoms with E-state index in [1.165, 1.54) is 5.56 Å². The average molecular weight is 299 g/mol. The number of rotatable bonds is 4. The smallest absolute Gasteiger partial charge is 0.211 e. The van der Waals surface area contributed by atoms with Gasteiger partial charge in [-0.2, -0.15) is 0 Å². The second kappa shape index (κ2) is 6.84. The van der Waals surface area contributed by atoms with Gasteiger partial charge in [0.1, 0.15) is 5.71 Å². The molecule has 0 aromatic heterocycles. The van der Waals surface area contributed by atoms with Crippen LogP contribution in [-0.4, -0.2) is 11.5 Å². The van der Waals surface area contributed by atoms with Gasteiger partial charge in [0.25, 0.3) is 0 Å². The number of carbonyl (C=O) groups is 1. The van der Waals surface area contributed by atoms with Crippen molar-refractivity contribution in [2.75, 3.05) is 0 Å². The quantitative estimate of drug-likeness (QED) is 0.492. The summed E-state index contributed by atoms with van der Waals surface area (Å²) < 4.78 is 0. The third kappa shape index (κ3) is 3.61. The van der Waals surface area contributed by atoms with Crippen molar-refractivity contribution in [2.45, 2.75) is 6.92 Å². The maximum absolute atomic E-state index is 12.9. The molecule has 3 aromatic rings. The van der Waals surface area contributed by atoms with Crippen LogP contribution in [0.25, 0.3) is 0 Å². The first-order chi connectivity index (χ1) is 11.2. The number of ketones is 1. The number of nitrogens with zero attached hydrogens (tertiary/aromatic N) is 1. The fourth-order valence-corrected chi connectivity index (χ4v) is 2.32. The zero-order valence-electron chi connectivity index (χ0n) is 12.9. The topological polar surface area (TPSA) is 29.4 Å². The van der Waals surface area contributed by atoms with Gasteiger partial charge in [-0.1, -0.05) is 78.4 Å². The summed E-state index contributed by atoms with van der Waals surface area (Å²) in [5.41, 5.74) is 3.86. The van der Waals surface area contributed by atoms with Crippen molar-refractivity contribution in [1.29, 1.82) is 0 Å². The van der Waals surface area contributed by atoms with Crippen molar-refractivity contribution in [2.24, 2.45) is 4.99 Å². The van der Waals surface area contributed by atoms with Crippen LogP contribution in [0.2, 0.25) is 0 Å². The third-order valence-electron chi connectivity index (χ3n) is 3.57. The summed E-state index contributed by atoms with van der Waals surface area (Å²) in [6, 6.07) is 26.7. The Bertz CT molecular complexity index is 819. The van der Waals surface area contributed by atoms with Crippen molar-refractivity contribution < 1.29 is 4.79 Å². The normalized spacial score (nSPS) is 11.3. The highest BCUT2D eigenvalue weighted by atomic mass is 16.1. The van der Waals surface area contributed by atoms with E-state index in [0.717, 1.165) is 11.3 Å². The van der Waals surface area contributed by atoms with E-state index in [-0.39, 0.29) is 5.78 Å². The van der Waals surface area contributed by atoms with Gasteiger partial charge in [0, 0.05) is 11.1 Å². The molecule has 0 aliphatic carbocycles. The summed E-state index contributed by atoms with van der Waals surface area (Å²) in [5.74, 6) is -0.0719. The highest BCUT2D eigenvalue weighted by molar-refractivity contribution is 6.51. The molecule has 0 spiro atoms. The van der Waals surface area contributed by atoms with Gasteiger partial charge in [-0.3, -0.25) is 4.79 Å². The van der Waals surface area contributed by atoms with Gasteiger partial charge in [0.05, 0.1) is 5.69 Å². The Hall–Kier alpha value is -3.00. The van der Waals surface area contributed by atoms with Crippen LogP contribution in [0.1, 0.15) is 21.5 Å². The molecule has 3 rings (SSSR count). The number of aryl methyl sites for hydroxylation is 1. The fraction of sp³-hybridized carbons (Fsp3) is 0.0476. The lowest BCUT2D eigenvalue weighted by molar-refractivity contribution is 0.106. The van der Waals surface area contributed by atoms with Crippen molar-refractivity contribution in [1.82, 2.24) is 0 Å². The van der Waals surface area contributed by atoms with Crippen LogP contribution in [0.15, 0.2) is 89.9 Å². The van der Waals surface area contributed by atoms with E-state index in [1.807, 2.05) is 91.9 Å². The highest BCUT2D eigenvalue weighted by Crippen LogP contribution is 2.17. The maximum atomic E-state index is 12.9. The molecule has 112 valence electrons. The number of Topliss-reactive ketones (excluding diaryl/α,β-unsaturated/α-hetero) is 1. The van der Waals surface area contributed by atoms with Gasteiger partial charge in [0.2, 0.25) is 5.78 Å².